The van der Waals surface area contributed by atoms with Crippen LogP contribution in [0.25, 0.3) is 0 Å². The van der Waals surface area contributed by atoms with Gasteiger partial charge in [0.25, 0.3) is 5.91 Å². The summed E-state index contributed by atoms with van der Waals surface area (Å²) in [5.41, 5.74) is 1.25. The molecule has 0 saturated carbocycles. The van der Waals surface area contributed by atoms with Crippen molar-refractivity contribution >= 4 is 45.1 Å². The average Bonchev–Trinajstić information content (AvgIpc) is 2.71. The molecule has 0 fully saturated rings. The van der Waals surface area contributed by atoms with Gasteiger partial charge in [-0.15, -0.1) is 0 Å². The Labute approximate surface area is 191 Å². The van der Waals surface area contributed by atoms with Gasteiger partial charge in [0.15, 0.2) is 6.61 Å². The molecule has 1 atom stereocenters. The van der Waals surface area contributed by atoms with E-state index in [9.17, 15) is 22.8 Å². The monoisotopic (exact) mass is 481 g/mol. The number of anilines is 1. The SMILES string of the molecule is CC(=O)Nc1ccc(S(=O)(=O)N[C@@H](C)C(=O)OCC(=O)N(C)Cc2cccc(Cl)c2)cc1. The molecule has 2 amide bonds. The maximum atomic E-state index is 12.5. The van der Waals surface area contributed by atoms with Crippen molar-refractivity contribution in [1.29, 1.82) is 0 Å². The van der Waals surface area contributed by atoms with Gasteiger partial charge in [-0.05, 0) is 48.9 Å². The zero-order chi connectivity index (χ0) is 23.9. The van der Waals surface area contributed by atoms with Gasteiger partial charge in [-0.3, -0.25) is 14.4 Å². The maximum Gasteiger partial charge on any atom is 0.324 e. The van der Waals surface area contributed by atoms with Crippen molar-refractivity contribution in [3.8, 4) is 0 Å². The summed E-state index contributed by atoms with van der Waals surface area (Å²) >= 11 is 5.92. The van der Waals surface area contributed by atoms with Gasteiger partial charge < -0.3 is 15.0 Å². The molecule has 0 heterocycles. The largest absolute Gasteiger partial charge is 0.454 e. The first-order valence-electron chi connectivity index (χ1n) is 9.53. The summed E-state index contributed by atoms with van der Waals surface area (Å²) < 4.78 is 32.1. The molecular formula is C21H24ClN3O6S. The fourth-order valence-electron chi connectivity index (χ4n) is 2.63. The van der Waals surface area contributed by atoms with Crippen molar-refractivity contribution in [2.75, 3.05) is 19.0 Å². The van der Waals surface area contributed by atoms with Crippen LogP contribution in [0.15, 0.2) is 53.4 Å². The van der Waals surface area contributed by atoms with Crippen LogP contribution in [-0.2, 0) is 35.7 Å². The lowest BCUT2D eigenvalue weighted by atomic mass is 10.2. The number of sulfonamides is 1. The lowest BCUT2D eigenvalue weighted by Crippen LogP contribution is -2.41. The molecule has 0 spiro atoms. The third-order valence-electron chi connectivity index (χ3n) is 4.24. The summed E-state index contributed by atoms with van der Waals surface area (Å²) in [4.78, 5) is 36.7. The summed E-state index contributed by atoms with van der Waals surface area (Å²) in [5, 5.41) is 3.07. The molecule has 172 valence electrons. The molecule has 0 bridgehead atoms. The van der Waals surface area contributed by atoms with Crippen molar-refractivity contribution < 1.29 is 27.5 Å². The Hall–Kier alpha value is -2.95. The van der Waals surface area contributed by atoms with Crippen LogP contribution in [0.2, 0.25) is 5.02 Å². The Morgan fingerprint density at radius 1 is 1.12 bits per heavy atom. The Kier molecular flexibility index (Phi) is 8.76. The molecule has 11 heteroatoms. The number of carbonyl (C=O) groups is 3. The van der Waals surface area contributed by atoms with E-state index in [0.29, 0.717) is 10.7 Å². The highest BCUT2D eigenvalue weighted by Gasteiger charge is 2.24. The molecule has 0 aromatic heterocycles. The van der Waals surface area contributed by atoms with E-state index in [1.54, 1.807) is 31.3 Å². The molecule has 9 nitrogen and oxygen atoms in total. The quantitative estimate of drug-likeness (QED) is 0.529. The summed E-state index contributed by atoms with van der Waals surface area (Å²) in [5.74, 6) is -1.64. The van der Waals surface area contributed by atoms with Gasteiger partial charge in [-0.1, -0.05) is 23.7 Å². The molecule has 0 unspecified atom stereocenters. The van der Waals surface area contributed by atoms with Crippen LogP contribution >= 0.6 is 11.6 Å². The van der Waals surface area contributed by atoms with E-state index < -0.39 is 34.5 Å². The van der Waals surface area contributed by atoms with E-state index in [-0.39, 0.29) is 17.3 Å². The van der Waals surface area contributed by atoms with Crippen LogP contribution in [0.4, 0.5) is 5.69 Å². The fourth-order valence-corrected chi connectivity index (χ4v) is 4.04. The number of benzene rings is 2. The zero-order valence-corrected chi connectivity index (χ0v) is 19.4. The first-order valence-corrected chi connectivity index (χ1v) is 11.4. The van der Waals surface area contributed by atoms with Crippen molar-refractivity contribution in [3.05, 3.63) is 59.1 Å². The van der Waals surface area contributed by atoms with Crippen LogP contribution in [0, 0.1) is 0 Å². The zero-order valence-electron chi connectivity index (χ0n) is 17.8. The lowest BCUT2D eigenvalue weighted by molar-refractivity contribution is -0.152. The number of hydrogen-bond acceptors (Lipinski definition) is 6. The highest BCUT2D eigenvalue weighted by molar-refractivity contribution is 7.89. The van der Waals surface area contributed by atoms with Crippen molar-refractivity contribution in [1.82, 2.24) is 9.62 Å². The summed E-state index contributed by atoms with van der Waals surface area (Å²) in [6.45, 7) is 2.38. The first-order chi connectivity index (χ1) is 15.0. The summed E-state index contributed by atoms with van der Waals surface area (Å²) in [6.07, 6.45) is 0. The van der Waals surface area contributed by atoms with E-state index in [1.165, 1.54) is 43.0 Å². The number of likely N-dealkylation sites (N-methyl/N-ethyl adjacent to an activating group) is 1. The number of amides is 2. The van der Waals surface area contributed by atoms with E-state index in [4.69, 9.17) is 16.3 Å². The van der Waals surface area contributed by atoms with Gasteiger partial charge in [0.2, 0.25) is 15.9 Å². The topological polar surface area (TPSA) is 122 Å². The second-order valence-corrected chi connectivity index (χ2v) is 9.19. The van der Waals surface area contributed by atoms with Gasteiger partial charge in [-0.25, -0.2) is 8.42 Å². The molecule has 2 aromatic rings. The number of nitrogens with zero attached hydrogens (tertiary/aromatic N) is 1. The summed E-state index contributed by atoms with van der Waals surface area (Å²) in [6, 6.07) is 11.2. The molecule has 2 N–H and O–H groups in total. The molecular weight excluding hydrogens is 458 g/mol. The molecule has 2 aromatic carbocycles. The van der Waals surface area contributed by atoms with Gasteiger partial charge >= 0.3 is 5.97 Å². The Morgan fingerprint density at radius 3 is 2.38 bits per heavy atom. The predicted octanol–water partition coefficient (Wildman–Crippen LogP) is 2.17. The minimum absolute atomic E-state index is 0.0939. The third kappa shape index (κ3) is 7.63. The van der Waals surface area contributed by atoms with Crippen LogP contribution in [0.5, 0.6) is 0 Å². The Balaban J connectivity index is 1.88. The molecule has 32 heavy (non-hydrogen) atoms. The normalized spacial score (nSPS) is 12.0. The van der Waals surface area contributed by atoms with Crippen LogP contribution < -0.4 is 10.0 Å². The standard InChI is InChI=1S/C21H24ClN3O6S/c1-14(24-32(29,30)19-9-7-18(8-10-19)23-15(2)26)21(28)31-13-20(27)25(3)12-16-5-4-6-17(22)11-16/h4-11,14,24H,12-13H2,1-3H3,(H,23,26)/t14-/m0/s1. The first kappa shape index (κ1) is 25.3. The maximum absolute atomic E-state index is 12.5. The van der Waals surface area contributed by atoms with Crippen molar-refractivity contribution in [3.63, 3.8) is 0 Å². The van der Waals surface area contributed by atoms with E-state index in [0.717, 1.165) is 5.56 Å². The Morgan fingerprint density at radius 2 is 1.78 bits per heavy atom. The predicted molar refractivity (Wildman–Crippen MR) is 119 cm³/mol. The molecule has 0 saturated heterocycles. The number of nitrogens with one attached hydrogen (secondary N) is 2. The number of halogens is 1. The fraction of sp³-hybridized carbons (Fsp3) is 0.286. The second-order valence-electron chi connectivity index (χ2n) is 7.04. The molecule has 0 radical (unpaired) electrons. The Bertz CT molecular complexity index is 1090. The second kappa shape index (κ2) is 11.1. The number of rotatable bonds is 9. The minimum Gasteiger partial charge on any atom is -0.454 e. The number of carbonyl (C=O) groups excluding carboxylic acids is 3. The molecule has 2 rings (SSSR count). The average molecular weight is 482 g/mol. The van der Waals surface area contributed by atoms with Crippen LogP contribution in [-0.4, -0.2) is 50.8 Å². The van der Waals surface area contributed by atoms with Crippen molar-refractivity contribution in [2.24, 2.45) is 0 Å². The van der Waals surface area contributed by atoms with Gasteiger partial charge in [0, 0.05) is 31.2 Å². The highest BCUT2D eigenvalue weighted by atomic mass is 35.5. The number of hydrogen-bond donors (Lipinski definition) is 2. The van der Waals surface area contributed by atoms with Gasteiger partial charge in [-0.2, -0.15) is 4.72 Å². The van der Waals surface area contributed by atoms with Crippen LogP contribution in [0.3, 0.4) is 0 Å². The van der Waals surface area contributed by atoms with Gasteiger partial charge in [0.05, 0.1) is 4.90 Å². The number of esters is 1. The third-order valence-corrected chi connectivity index (χ3v) is 6.03. The minimum atomic E-state index is -4.02. The highest BCUT2D eigenvalue weighted by Crippen LogP contribution is 2.15. The lowest BCUT2D eigenvalue weighted by Gasteiger charge is -2.18. The number of ether oxygens (including phenoxy) is 1. The molecule has 0 aliphatic heterocycles. The van der Waals surface area contributed by atoms with Crippen molar-refractivity contribution in [2.45, 2.75) is 31.3 Å². The molecule has 0 aliphatic carbocycles. The van der Waals surface area contributed by atoms with E-state index in [1.807, 2.05) is 0 Å². The smallest absolute Gasteiger partial charge is 0.324 e. The summed E-state index contributed by atoms with van der Waals surface area (Å²) in [7, 11) is -2.47. The van der Waals surface area contributed by atoms with Crippen LogP contribution in [0.1, 0.15) is 19.4 Å². The van der Waals surface area contributed by atoms with Gasteiger partial charge in [0.1, 0.15) is 6.04 Å². The molecule has 0 aliphatic rings. The van der Waals surface area contributed by atoms with E-state index in [2.05, 4.69) is 10.0 Å². The van der Waals surface area contributed by atoms with E-state index >= 15 is 0 Å².